The molecule has 1 aromatic rings. The molecule has 0 radical (unpaired) electrons. The molecule has 7 heteroatoms. The van der Waals surface area contributed by atoms with Crippen LogP contribution in [0, 0.1) is 0 Å². The lowest BCUT2D eigenvalue weighted by Gasteiger charge is -2.34. The number of hydrogen-bond donors (Lipinski definition) is 1. The number of amides is 2. The van der Waals surface area contributed by atoms with Crippen LogP contribution in [0.5, 0.6) is 0 Å². The van der Waals surface area contributed by atoms with Gasteiger partial charge in [-0.25, -0.2) is 4.79 Å². The van der Waals surface area contributed by atoms with Crippen molar-refractivity contribution in [2.24, 2.45) is 0 Å². The van der Waals surface area contributed by atoms with Gasteiger partial charge in [-0.15, -0.1) is 0 Å². The first-order valence-electron chi connectivity index (χ1n) is 9.28. The summed E-state index contributed by atoms with van der Waals surface area (Å²) in [5.41, 5.74) is 0. The lowest BCUT2D eigenvalue weighted by molar-refractivity contribution is 0.140. The quantitative estimate of drug-likeness (QED) is 0.915. The molecule has 2 fully saturated rings. The zero-order valence-corrected chi connectivity index (χ0v) is 14.8. The Morgan fingerprint density at radius 2 is 1.96 bits per heavy atom. The summed E-state index contributed by atoms with van der Waals surface area (Å²) >= 11 is 0. The first-order valence-corrected chi connectivity index (χ1v) is 9.28. The van der Waals surface area contributed by atoms with Gasteiger partial charge >= 0.3 is 6.03 Å². The Balaban J connectivity index is 1.52. The lowest BCUT2D eigenvalue weighted by atomic mass is 9.89. The Bertz CT molecular complexity index is 533. The molecule has 2 amide bonds. The molecular weight excluding hydrogens is 306 g/mol. The summed E-state index contributed by atoms with van der Waals surface area (Å²) in [6, 6.07) is -0.304. The molecule has 1 saturated carbocycles. The zero-order valence-electron chi connectivity index (χ0n) is 14.8. The number of likely N-dealkylation sites (N-methyl/N-ethyl adjacent to an activating group) is 1. The number of nitrogens with zero attached hydrogens (tertiary/aromatic N) is 4. The van der Waals surface area contributed by atoms with Crippen molar-refractivity contribution < 1.29 is 9.32 Å². The van der Waals surface area contributed by atoms with Crippen molar-refractivity contribution in [1.82, 2.24) is 25.3 Å². The van der Waals surface area contributed by atoms with Crippen LogP contribution in [0.2, 0.25) is 0 Å². The standard InChI is InChI=1S/C17H29N5O2/c1-3-21-9-11-22(12-10-21)17(23)18-13(2)16-19-15(20-24-16)14-7-5-4-6-8-14/h13-14H,3-12H2,1-2H3,(H,18,23). The molecule has 1 saturated heterocycles. The monoisotopic (exact) mass is 335 g/mol. The van der Waals surface area contributed by atoms with E-state index in [0.29, 0.717) is 11.8 Å². The van der Waals surface area contributed by atoms with Gasteiger partial charge in [0.2, 0.25) is 5.89 Å². The summed E-state index contributed by atoms with van der Waals surface area (Å²) in [4.78, 5) is 21.1. The van der Waals surface area contributed by atoms with Gasteiger partial charge in [0, 0.05) is 32.1 Å². The molecule has 1 aliphatic heterocycles. The molecule has 7 nitrogen and oxygen atoms in total. The van der Waals surface area contributed by atoms with E-state index in [-0.39, 0.29) is 12.1 Å². The highest BCUT2D eigenvalue weighted by atomic mass is 16.5. The molecule has 0 bridgehead atoms. The van der Waals surface area contributed by atoms with Crippen molar-refractivity contribution in [3.05, 3.63) is 11.7 Å². The predicted molar refractivity (Wildman–Crippen MR) is 90.8 cm³/mol. The summed E-state index contributed by atoms with van der Waals surface area (Å²) in [5, 5.41) is 7.13. The van der Waals surface area contributed by atoms with Crippen LogP contribution in [0.1, 0.15) is 69.6 Å². The summed E-state index contributed by atoms with van der Waals surface area (Å²) in [7, 11) is 0. The van der Waals surface area contributed by atoms with Gasteiger partial charge in [0.25, 0.3) is 0 Å². The third-order valence-corrected chi connectivity index (χ3v) is 5.24. The van der Waals surface area contributed by atoms with Crippen LogP contribution < -0.4 is 5.32 Å². The van der Waals surface area contributed by atoms with Gasteiger partial charge in [-0.3, -0.25) is 0 Å². The van der Waals surface area contributed by atoms with Gasteiger partial charge in [-0.1, -0.05) is 31.3 Å². The number of hydrogen-bond acceptors (Lipinski definition) is 5. The summed E-state index contributed by atoms with van der Waals surface area (Å²) < 4.78 is 5.40. The highest BCUT2D eigenvalue weighted by molar-refractivity contribution is 5.74. The highest BCUT2D eigenvalue weighted by Crippen LogP contribution is 2.31. The molecule has 1 N–H and O–H groups in total. The van der Waals surface area contributed by atoms with E-state index in [4.69, 9.17) is 4.52 Å². The third-order valence-electron chi connectivity index (χ3n) is 5.24. The molecule has 1 aromatic heterocycles. The van der Waals surface area contributed by atoms with Crippen LogP contribution in [-0.2, 0) is 0 Å². The molecule has 0 spiro atoms. The largest absolute Gasteiger partial charge is 0.337 e. The third kappa shape index (κ3) is 4.06. The van der Waals surface area contributed by atoms with E-state index >= 15 is 0 Å². The molecule has 2 heterocycles. The highest BCUT2D eigenvalue weighted by Gasteiger charge is 2.25. The van der Waals surface area contributed by atoms with Crippen LogP contribution >= 0.6 is 0 Å². The number of piperazine rings is 1. The van der Waals surface area contributed by atoms with E-state index in [1.165, 1.54) is 19.3 Å². The van der Waals surface area contributed by atoms with Gasteiger partial charge in [-0.2, -0.15) is 4.98 Å². The average Bonchev–Trinajstić information content (AvgIpc) is 3.13. The second-order valence-corrected chi connectivity index (χ2v) is 6.92. The molecule has 0 aromatic carbocycles. The Hall–Kier alpha value is -1.63. The molecule has 1 atom stereocenters. The van der Waals surface area contributed by atoms with E-state index in [1.807, 2.05) is 11.8 Å². The fourth-order valence-corrected chi connectivity index (χ4v) is 3.56. The average molecular weight is 335 g/mol. The van der Waals surface area contributed by atoms with E-state index in [9.17, 15) is 4.79 Å². The van der Waals surface area contributed by atoms with Crippen LogP contribution in [0.15, 0.2) is 4.52 Å². The van der Waals surface area contributed by atoms with E-state index in [1.54, 1.807) is 0 Å². The van der Waals surface area contributed by atoms with E-state index in [0.717, 1.165) is 51.4 Å². The Labute approximate surface area is 143 Å². The summed E-state index contributed by atoms with van der Waals surface area (Å²) in [5.74, 6) is 1.74. The first kappa shape index (κ1) is 17.2. The van der Waals surface area contributed by atoms with Gasteiger partial charge < -0.3 is 19.6 Å². The van der Waals surface area contributed by atoms with Crippen LogP contribution in [0.4, 0.5) is 4.79 Å². The molecule has 134 valence electrons. The second-order valence-electron chi connectivity index (χ2n) is 6.92. The fourth-order valence-electron chi connectivity index (χ4n) is 3.56. The van der Waals surface area contributed by atoms with Crippen molar-refractivity contribution in [2.45, 2.75) is 57.9 Å². The van der Waals surface area contributed by atoms with Gasteiger partial charge in [0.1, 0.15) is 6.04 Å². The smallest absolute Gasteiger partial charge is 0.318 e. The topological polar surface area (TPSA) is 74.5 Å². The van der Waals surface area contributed by atoms with Crippen molar-refractivity contribution in [1.29, 1.82) is 0 Å². The Morgan fingerprint density at radius 1 is 1.25 bits per heavy atom. The van der Waals surface area contributed by atoms with Gasteiger partial charge in [-0.05, 0) is 26.3 Å². The second kappa shape index (κ2) is 7.96. The molecule has 24 heavy (non-hydrogen) atoms. The normalized spacial score (nSPS) is 21.7. The predicted octanol–water partition coefficient (Wildman–Crippen LogP) is 2.53. The molecule has 2 aliphatic rings. The summed E-state index contributed by atoms with van der Waals surface area (Å²) in [6.45, 7) is 8.50. The lowest BCUT2D eigenvalue weighted by Crippen LogP contribution is -2.51. The molecular formula is C17H29N5O2. The Morgan fingerprint density at radius 3 is 2.62 bits per heavy atom. The molecule has 3 rings (SSSR count). The number of rotatable bonds is 4. The SMILES string of the molecule is CCN1CCN(C(=O)NC(C)c2nc(C3CCCCC3)no2)CC1. The minimum atomic E-state index is -0.258. The number of nitrogens with one attached hydrogen (secondary N) is 1. The van der Waals surface area contributed by atoms with Crippen molar-refractivity contribution in [2.75, 3.05) is 32.7 Å². The van der Waals surface area contributed by atoms with Gasteiger partial charge in [0.15, 0.2) is 5.82 Å². The number of urea groups is 1. The minimum absolute atomic E-state index is 0.0457. The number of carbonyl (C=O) groups is 1. The van der Waals surface area contributed by atoms with Gasteiger partial charge in [0.05, 0.1) is 0 Å². The molecule has 1 aliphatic carbocycles. The van der Waals surface area contributed by atoms with E-state index in [2.05, 4.69) is 27.3 Å². The zero-order chi connectivity index (χ0) is 16.9. The number of carbonyl (C=O) groups excluding carboxylic acids is 1. The fraction of sp³-hybridized carbons (Fsp3) is 0.824. The van der Waals surface area contributed by atoms with Crippen LogP contribution in [-0.4, -0.2) is 58.7 Å². The Kier molecular flexibility index (Phi) is 5.71. The van der Waals surface area contributed by atoms with Crippen molar-refractivity contribution in [3.63, 3.8) is 0 Å². The maximum atomic E-state index is 12.4. The van der Waals surface area contributed by atoms with Crippen LogP contribution in [0.25, 0.3) is 0 Å². The first-order chi connectivity index (χ1) is 11.7. The van der Waals surface area contributed by atoms with Crippen molar-refractivity contribution >= 4 is 6.03 Å². The molecule has 1 unspecified atom stereocenters. The minimum Gasteiger partial charge on any atom is -0.337 e. The van der Waals surface area contributed by atoms with Crippen LogP contribution in [0.3, 0.4) is 0 Å². The maximum absolute atomic E-state index is 12.4. The maximum Gasteiger partial charge on any atom is 0.318 e. The number of aromatic nitrogens is 2. The van der Waals surface area contributed by atoms with Crippen molar-refractivity contribution in [3.8, 4) is 0 Å². The van der Waals surface area contributed by atoms with E-state index < -0.39 is 0 Å². The summed E-state index contributed by atoms with van der Waals surface area (Å²) in [6.07, 6.45) is 6.07.